The number of esters is 1. The van der Waals surface area contributed by atoms with Crippen molar-refractivity contribution in [2.24, 2.45) is 0 Å². The summed E-state index contributed by atoms with van der Waals surface area (Å²) < 4.78 is 39.5. The molecule has 1 heterocycles. The molecule has 148 valence electrons. The molecule has 0 aromatic heterocycles. The van der Waals surface area contributed by atoms with Crippen LogP contribution in [0.5, 0.6) is 11.5 Å². The summed E-state index contributed by atoms with van der Waals surface area (Å²) in [4.78, 5) is 24.7. The lowest BCUT2D eigenvalue weighted by Crippen LogP contribution is -2.25. The number of ether oxygens (including phenoxy) is 3. The molecule has 0 unspecified atom stereocenters. The van der Waals surface area contributed by atoms with Crippen molar-refractivity contribution in [3.63, 3.8) is 0 Å². The van der Waals surface area contributed by atoms with E-state index in [0.717, 1.165) is 16.0 Å². The molecule has 1 N–H and O–H groups in total. The first-order valence-electron chi connectivity index (χ1n) is 8.27. The molecule has 6 nitrogen and oxygen atoms in total. The molecule has 0 fully saturated rings. The Labute approximate surface area is 164 Å². The lowest BCUT2D eigenvalue weighted by Gasteiger charge is -2.08. The molecular weight excluding hydrogens is 392 g/mol. The monoisotopic (exact) mass is 409 g/mol. The molecule has 2 aromatic rings. The van der Waals surface area contributed by atoms with Gasteiger partial charge in [0.05, 0.1) is 5.75 Å². The van der Waals surface area contributed by atoms with Crippen molar-refractivity contribution in [2.45, 2.75) is 25.0 Å². The van der Waals surface area contributed by atoms with Crippen LogP contribution in [0.1, 0.15) is 11.1 Å². The fourth-order valence-corrected chi connectivity index (χ4v) is 3.32. The highest BCUT2D eigenvalue weighted by Gasteiger charge is 2.43. The fourth-order valence-electron chi connectivity index (χ4n) is 2.51. The minimum absolute atomic E-state index is 0.0658. The number of rotatable bonds is 6. The van der Waals surface area contributed by atoms with Crippen molar-refractivity contribution in [3.8, 4) is 11.5 Å². The van der Waals surface area contributed by atoms with E-state index in [9.17, 15) is 18.4 Å². The predicted molar refractivity (Wildman–Crippen MR) is 98.9 cm³/mol. The van der Waals surface area contributed by atoms with Gasteiger partial charge in [-0.3, -0.25) is 9.59 Å². The molecule has 1 aliphatic heterocycles. The molecule has 0 aliphatic carbocycles. The standard InChI is InChI=1S/C19H17F2NO5S/c1-11-3-6-16(12(2)7-11)28-10-18(24)25-9-17(23)22-13-4-5-14-15(8-13)27-19(20,21)26-14/h3-8H,9-10H2,1-2H3,(H,22,23). The molecule has 0 radical (unpaired) electrons. The number of alkyl halides is 2. The SMILES string of the molecule is Cc1ccc(SCC(=O)OCC(=O)Nc2ccc3c(c2)OC(F)(F)O3)c(C)c1. The van der Waals surface area contributed by atoms with Crippen LogP contribution in [0.25, 0.3) is 0 Å². The average molecular weight is 409 g/mol. The van der Waals surface area contributed by atoms with Crippen LogP contribution in [0.3, 0.4) is 0 Å². The Bertz CT molecular complexity index is 919. The molecule has 0 spiro atoms. The second kappa shape index (κ2) is 8.05. The van der Waals surface area contributed by atoms with Crippen molar-refractivity contribution < 1.29 is 32.6 Å². The second-order valence-corrected chi connectivity index (χ2v) is 7.11. The van der Waals surface area contributed by atoms with Gasteiger partial charge >= 0.3 is 12.3 Å². The Morgan fingerprint density at radius 3 is 2.61 bits per heavy atom. The van der Waals surface area contributed by atoms with Crippen LogP contribution in [0.4, 0.5) is 14.5 Å². The average Bonchev–Trinajstić information content (AvgIpc) is 2.92. The third kappa shape index (κ3) is 5.13. The van der Waals surface area contributed by atoms with Gasteiger partial charge in [-0.15, -0.1) is 20.5 Å². The summed E-state index contributed by atoms with van der Waals surface area (Å²) in [6, 6.07) is 9.72. The molecule has 0 bridgehead atoms. The Balaban J connectivity index is 1.45. The van der Waals surface area contributed by atoms with E-state index >= 15 is 0 Å². The van der Waals surface area contributed by atoms with Crippen molar-refractivity contribution in [1.82, 2.24) is 0 Å². The van der Waals surface area contributed by atoms with Crippen molar-refractivity contribution in [3.05, 3.63) is 47.5 Å². The van der Waals surface area contributed by atoms with Gasteiger partial charge in [0.2, 0.25) is 0 Å². The van der Waals surface area contributed by atoms with E-state index in [0.29, 0.717) is 0 Å². The van der Waals surface area contributed by atoms with E-state index in [1.54, 1.807) is 0 Å². The number of amides is 1. The van der Waals surface area contributed by atoms with E-state index in [1.807, 2.05) is 32.0 Å². The first kappa shape index (κ1) is 19.9. The largest absolute Gasteiger partial charge is 0.586 e. The zero-order valence-corrected chi connectivity index (χ0v) is 15.9. The van der Waals surface area contributed by atoms with Gasteiger partial charge in [0.25, 0.3) is 5.91 Å². The number of carbonyl (C=O) groups excluding carboxylic acids is 2. The Morgan fingerprint density at radius 2 is 1.86 bits per heavy atom. The lowest BCUT2D eigenvalue weighted by molar-refractivity contribution is -0.286. The maximum Gasteiger partial charge on any atom is 0.586 e. The normalized spacial score (nSPS) is 13.9. The molecule has 3 rings (SSSR count). The predicted octanol–water partition coefficient (Wildman–Crippen LogP) is 3.90. The summed E-state index contributed by atoms with van der Waals surface area (Å²) in [6.45, 7) is 3.45. The Morgan fingerprint density at radius 1 is 1.11 bits per heavy atom. The molecule has 9 heteroatoms. The number of hydrogen-bond donors (Lipinski definition) is 1. The van der Waals surface area contributed by atoms with E-state index in [-0.39, 0.29) is 22.9 Å². The minimum atomic E-state index is -3.73. The van der Waals surface area contributed by atoms with E-state index in [4.69, 9.17) is 4.74 Å². The second-order valence-electron chi connectivity index (χ2n) is 6.10. The smallest absolute Gasteiger partial charge is 0.455 e. The molecular formula is C19H17F2NO5S. The highest BCUT2D eigenvalue weighted by molar-refractivity contribution is 8.00. The lowest BCUT2D eigenvalue weighted by atomic mass is 10.2. The van der Waals surface area contributed by atoms with Gasteiger partial charge in [-0.2, -0.15) is 0 Å². The highest BCUT2D eigenvalue weighted by Crippen LogP contribution is 2.42. The fraction of sp³-hybridized carbons (Fsp3) is 0.263. The van der Waals surface area contributed by atoms with Gasteiger partial charge in [0.15, 0.2) is 18.1 Å². The number of halogens is 2. The van der Waals surface area contributed by atoms with Crippen LogP contribution >= 0.6 is 11.8 Å². The first-order valence-corrected chi connectivity index (χ1v) is 9.26. The number of carbonyl (C=O) groups is 2. The zero-order valence-electron chi connectivity index (χ0n) is 15.1. The highest BCUT2D eigenvalue weighted by atomic mass is 32.2. The van der Waals surface area contributed by atoms with Gasteiger partial charge in [-0.25, -0.2) is 0 Å². The molecule has 0 saturated carbocycles. The Hall–Kier alpha value is -2.81. The summed E-state index contributed by atoms with van der Waals surface area (Å²) in [6.07, 6.45) is -3.73. The third-order valence-electron chi connectivity index (χ3n) is 3.73. The van der Waals surface area contributed by atoms with Crippen LogP contribution in [-0.4, -0.2) is 30.5 Å². The topological polar surface area (TPSA) is 73.9 Å². The van der Waals surface area contributed by atoms with Gasteiger partial charge in [-0.05, 0) is 37.6 Å². The van der Waals surface area contributed by atoms with Crippen molar-refractivity contribution >= 4 is 29.3 Å². The number of fused-ring (bicyclic) bond motifs is 1. The third-order valence-corrected chi connectivity index (χ3v) is 4.87. The molecule has 2 aromatic carbocycles. The molecule has 0 saturated heterocycles. The van der Waals surface area contributed by atoms with Gasteiger partial charge in [0, 0.05) is 16.6 Å². The first-order chi connectivity index (χ1) is 13.2. The number of benzene rings is 2. The minimum Gasteiger partial charge on any atom is -0.455 e. The number of nitrogens with one attached hydrogen (secondary N) is 1. The summed E-state index contributed by atoms with van der Waals surface area (Å²) >= 11 is 1.33. The number of aryl methyl sites for hydroxylation is 2. The summed E-state index contributed by atoms with van der Waals surface area (Å²) in [7, 11) is 0. The summed E-state index contributed by atoms with van der Waals surface area (Å²) in [5, 5.41) is 2.44. The van der Waals surface area contributed by atoms with E-state index in [1.165, 1.54) is 30.0 Å². The van der Waals surface area contributed by atoms with Gasteiger partial charge in [-0.1, -0.05) is 17.7 Å². The van der Waals surface area contributed by atoms with E-state index in [2.05, 4.69) is 14.8 Å². The summed E-state index contributed by atoms with van der Waals surface area (Å²) in [5.74, 6) is -1.39. The number of thioether (sulfide) groups is 1. The molecule has 1 amide bonds. The zero-order chi connectivity index (χ0) is 20.3. The number of anilines is 1. The van der Waals surface area contributed by atoms with Crippen molar-refractivity contribution in [1.29, 1.82) is 0 Å². The van der Waals surface area contributed by atoms with Crippen LogP contribution in [-0.2, 0) is 14.3 Å². The molecule has 28 heavy (non-hydrogen) atoms. The number of hydrogen-bond acceptors (Lipinski definition) is 6. The van der Waals surface area contributed by atoms with Crippen LogP contribution in [0, 0.1) is 13.8 Å². The maximum absolute atomic E-state index is 13.0. The van der Waals surface area contributed by atoms with Crippen LogP contribution < -0.4 is 14.8 Å². The maximum atomic E-state index is 13.0. The molecule has 1 aliphatic rings. The molecule has 0 atom stereocenters. The summed E-state index contributed by atoms with van der Waals surface area (Å²) in [5.41, 5.74) is 2.41. The van der Waals surface area contributed by atoms with Crippen LogP contribution in [0.2, 0.25) is 0 Å². The van der Waals surface area contributed by atoms with E-state index < -0.39 is 24.8 Å². The Kier molecular flexibility index (Phi) is 5.73. The van der Waals surface area contributed by atoms with Crippen molar-refractivity contribution in [2.75, 3.05) is 17.7 Å². The van der Waals surface area contributed by atoms with Crippen LogP contribution in [0.15, 0.2) is 41.3 Å². The van der Waals surface area contributed by atoms with Gasteiger partial charge in [0.1, 0.15) is 0 Å². The van der Waals surface area contributed by atoms with Gasteiger partial charge < -0.3 is 19.5 Å². The quantitative estimate of drug-likeness (QED) is 0.576.